The first-order valence-electron chi connectivity index (χ1n) is 16.1. The van der Waals surface area contributed by atoms with Crippen molar-refractivity contribution in [3.05, 3.63) is 0 Å². The van der Waals surface area contributed by atoms with Gasteiger partial charge in [0.2, 0.25) is 0 Å². The second-order valence-electron chi connectivity index (χ2n) is 15.9. The Morgan fingerprint density at radius 3 is 1.98 bits per heavy atom. The Labute approximate surface area is 252 Å². The molecule has 2 heterocycles. The van der Waals surface area contributed by atoms with Crippen LogP contribution in [-0.4, -0.2) is 63.5 Å². The van der Waals surface area contributed by atoms with E-state index in [1.807, 2.05) is 41.5 Å². The molecule has 0 aromatic heterocycles. The van der Waals surface area contributed by atoms with Gasteiger partial charge in [-0.25, -0.2) is 0 Å². The molecule has 2 aliphatic heterocycles. The molecule has 1 N–H and O–H groups in total. The third-order valence-corrected chi connectivity index (χ3v) is 12.0. The van der Waals surface area contributed by atoms with E-state index in [0.29, 0.717) is 44.9 Å². The van der Waals surface area contributed by atoms with Crippen LogP contribution < -0.4 is 0 Å². The van der Waals surface area contributed by atoms with E-state index in [-0.39, 0.29) is 58.7 Å². The van der Waals surface area contributed by atoms with Gasteiger partial charge in [-0.15, -0.1) is 0 Å². The zero-order valence-corrected chi connectivity index (χ0v) is 27.8. The summed E-state index contributed by atoms with van der Waals surface area (Å²) in [5.74, 6) is -0.662. The van der Waals surface area contributed by atoms with Gasteiger partial charge in [0.05, 0.1) is 23.4 Å². The zero-order chi connectivity index (χ0) is 31.5. The first-order chi connectivity index (χ1) is 19.2. The molecule has 2 saturated carbocycles. The number of rotatable bonds is 5. The number of fused-ring (bicyclic) bond motifs is 2. The summed E-state index contributed by atoms with van der Waals surface area (Å²) in [5.41, 5.74) is -3.84. The van der Waals surface area contributed by atoms with E-state index in [0.717, 1.165) is 19.3 Å². The highest BCUT2D eigenvalue weighted by molar-refractivity contribution is 5.86. The minimum absolute atomic E-state index is 0.0638. The maximum Gasteiger partial charge on any atom is 0.303 e. The molecule has 8 heteroatoms. The number of carbonyl (C=O) groups is 3. The van der Waals surface area contributed by atoms with E-state index >= 15 is 0 Å². The molecule has 2 aliphatic carbocycles. The summed E-state index contributed by atoms with van der Waals surface area (Å²) < 4.78 is 25.2. The number of hydrogen-bond donors (Lipinski definition) is 1. The first kappa shape index (κ1) is 33.4. The monoisotopic (exact) mass is 592 g/mol. The molecule has 240 valence electrons. The molecule has 0 bridgehead atoms. The van der Waals surface area contributed by atoms with Gasteiger partial charge < -0.3 is 24.1 Å². The summed E-state index contributed by atoms with van der Waals surface area (Å²) in [6.45, 7) is 19.1. The van der Waals surface area contributed by atoms with E-state index in [1.165, 1.54) is 13.8 Å². The minimum atomic E-state index is -0.912. The van der Waals surface area contributed by atoms with Crippen LogP contribution in [0.1, 0.15) is 133 Å². The second kappa shape index (κ2) is 11.1. The van der Waals surface area contributed by atoms with Crippen molar-refractivity contribution >= 4 is 17.7 Å². The first-order valence-corrected chi connectivity index (χ1v) is 16.1. The highest BCUT2D eigenvalue weighted by atomic mass is 16.6. The van der Waals surface area contributed by atoms with E-state index in [9.17, 15) is 19.5 Å². The summed E-state index contributed by atoms with van der Waals surface area (Å²) in [4.78, 5) is 37.4. The lowest BCUT2D eigenvalue weighted by atomic mass is 9.53. The quantitative estimate of drug-likeness (QED) is 0.382. The van der Waals surface area contributed by atoms with Crippen LogP contribution in [0.15, 0.2) is 0 Å². The molecule has 2 saturated heterocycles. The van der Waals surface area contributed by atoms with Crippen molar-refractivity contribution in [2.45, 2.75) is 174 Å². The van der Waals surface area contributed by atoms with Crippen molar-refractivity contribution in [2.24, 2.45) is 22.7 Å². The zero-order valence-electron chi connectivity index (χ0n) is 27.8. The number of ether oxygens (including phenoxy) is 4. The van der Waals surface area contributed by atoms with Crippen LogP contribution in [0, 0.1) is 22.7 Å². The summed E-state index contributed by atoms with van der Waals surface area (Å²) in [6.07, 6.45) is 6.08. The molecule has 8 nitrogen and oxygen atoms in total. The van der Waals surface area contributed by atoms with Gasteiger partial charge in [-0.3, -0.25) is 14.4 Å². The van der Waals surface area contributed by atoms with Crippen LogP contribution in [0.2, 0.25) is 0 Å². The molecular weight excluding hydrogens is 536 g/mol. The van der Waals surface area contributed by atoms with Crippen molar-refractivity contribution in [1.82, 2.24) is 0 Å². The predicted octanol–water partition coefficient (Wildman–Crippen LogP) is 6.09. The number of ketones is 1. The average molecular weight is 593 g/mol. The van der Waals surface area contributed by atoms with Crippen LogP contribution in [-0.2, 0) is 33.3 Å². The lowest BCUT2D eigenvalue weighted by Crippen LogP contribution is -2.59. The third kappa shape index (κ3) is 6.06. The van der Waals surface area contributed by atoms with Gasteiger partial charge in [0.1, 0.15) is 17.3 Å². The molecular formula is C34H56O8. The van der Waals surface area contributed by atoms with Crippen LogP contribution >= 0.6 is 0 Å². The Balaban J connectivity index is 1.68. The highest BCUT2D eigenvalue weighted by Crippen LogP contribution is 2.59. The van der Waals surface area contributed by atoms with Crippen LogP contribution in [0.3, 0.4) is 0 Å². The Hall–Kier alpha value is -1.51. The van der Waals surface area contributed by atoms with Crippen LogP contribution in [0.4, 0.5) is 0 Å². The van der Waals surface area contributed by atoms with E-state index in [4.69, 9.17) is 18.9 Å². The lowest BCUT2D eigenvalue weighted by molar-refractivity contribution is -0.222. The standard InChI is InChI=1S/C34H56O8/c1-21(35)39-26-14-18-31(7)23(33(9,38)19-15-27(31)42-30(26,5)6)11-12-24-32(8)17-13-25(37)29(3,4)41-28(32)16-20-34(24,10)40-22(2)36/h23-24,26-28,38H,11-20H2,1-10H3. The number of carbonyl (C=O) groups excluding carboxylic acids is 3. The van der Waals surface area contributed by atoms with Crippen molar-refractivity contribution in [1.29, 1.82) is 0 Å². The Bertz CT molecular complexity index is 1060. The number of esters is 2. The number of aliphatic hydroxyl groups is 1. The summed E-state index contributed by atoms with van der Waals surface area (Å²) in [7, 11) is 0. The Kier molecular flexibility index (Phi) is 8.85. The van der Waals surface area contributed by atoms with Gasteiger partial charge in [0, 0.05) is 31.6 Å². The maximum absolute atomic E-state index is 13.0. The van der Waals surface area contributed by atoms with Crippen molar-refractivity contribution < 1.29 is 38.4 Å². The van der Waals surface area contributed by atoms with Gasteiger partial charge in [-0.1, -0.05) is 13.8 Å². The molecule has 42 heavy (non-hydrogen) atoms. The van der Waals surface area contributed by atoms with E-state index in [1.54, 1.807) is 0 Å². The number of hydrogen-bond acceptors (Lipinski definition) is 8. The van der Waals surface area contributed by atoms with Crippen molar-refractivity contribution in [3.8, 4) is 0 Å². The fourth-order valence-electron chi connectivity index (χ4n) is 9.56. The molecule has 4 aliphatic rings. The Morgan fingerprint density at radius 1 is 0.786 bits per heavy atom. The largest absolute Gasteiger partial charge is 0.460 e. The minimum Gasteiger partial charge on any atom is -0.460 e. The van der Waals surface area contributed by atoms with Gasteiger partial charge in [-0.05, 0) is 111 Å². The molecule has 9 unspecified atom stereocenters. The van der Waals surface area contributed by atoms with Gasteiger partial charge >= 0.3 is 11.9 Å². The fraction of sp³-hybridized carbons (Fsp3) is 0.912. The normalized spacial score (nSPS) is 45.0. The molecule has 0 spiro atoms. The van der Waals surface area contributed by atoms with E-state index in [2.05, 4.69) is 13.8 Å². The second-order valence-corrected chi connectivity index (χ2v) is 15.9. The van der Waals surface area contributed by atoms with Crippen molar-refractivity contribution in [3.63, 3.8) is 0 Å². The van der Waals surface area contributed by atoms with Gasteiger partial charge in [0.15, 0.2) is 5.78 Å². The molecule has 0 aromatic rings. The topological polar surface area (TPSA) is 108 Å². The molecule has 9 atom stereocenters. The van der Waals surface area contributed by atoms with Crippen LogP contribution in [0.5, 0.6) is 0 Å². The smallest absolute Gasteiger partial charge is 0.303 e. The lowest BCUT2D eigenvalue weighted by Gasteiger charge is -2.57. The summed E-state index contributed by atoms with van der Waals surface area (Å²) in [6, 6.07) is 0. The third-order valence-electron chi connectivity index (χ3n) is 12.0. The molecule has 4 rings (SSSR count). The molecule has 0 aromatic carbocycles. The fourth-order valence-corrected chi connectivity index (χ4v) is 9.56. The average Bonchev–Trinajstić information content (AvgIpc) is 2.99. The van der Waals surface area contributed by atoms with Gasteiger partial charge in [0.25, 0.3) is 0 Å². The summed E-state index contributed by atoms with van der Waals surface area (Å²) >= 11 is 0. The SMILES string of the molecule is CC(=O)OC1CCC2(C)C(CCC(C)(O)C2CCC2C(C)(OC(C)=O)CCC3OC(C)(C)C(=O)CCC32C)OC1(C)C. The maximum atomic E-state index is 13.0. The predicted molar refractivity (Wildman–Crippen MR) is 159 cm³/mol. The highest BCUT2D eigenvalue weighted by Gasteiger charge is 2.61. The molecule has 0 amide bonds. The summed E-state index contributed by atoms with van der Waals surface area (Å²) in [5, 5.41) is 11.9. The van der Waals surface area contributed by atoms with E-state index < -0.39 is 22.4 Å². The number of Topliss-reactive ketones (excluding diaryl/α,β-unsaturated/α-hetero) is 1. The van der Waals surface area contributed by atoms with Crippen LogP contribution in [0.25, 0.3) is 0 Å². The Morgan fingerprint density at radius 2 is 1.36 bits per heavy atom. The van der Waals surface area contributed by atoms with Crippen molar-refractivity contribution in [2.75, 3.05) is 0 Å². The molecule has 4 fully saturated rings. The molecule has 0 radical (unpaired) electrons. The van der Waals surface area contributed by atoms with Gasteiger partial charge in [-0.2, -0.15) is 0 Å².